The first-order valence-corrected chi connectivity index (χ1v) is 6.75. The van der Waals surface area contributed by atoms with Crippen LogP contribution in [0.4, 0.5) is 5.69 Å². The highest BCUT2D eigenvalue weighted by atomic mass is 16.2. The molecule has 1 heterocycles. The third kappa shape index (κ3) is 2.13. The van der Waals surface area contributed by atoms with Gasteiger partial charge in [-0.1, -0.05) is 24.3 Å². The second-order valence-electron chi connectivity index (χ2n) is 5.19. The third-order valence-corrected chi connectivity index (χ3v) is 3.84. The molecule has 0 saturated heterocycles. The van der Waals surface area contributed by atoms with Crippen molar-refractivity contribution in [2.45, 2.75) is 13.1 Å². The molecule has 1 atom stereocenters. The zero-order valence-corrected chi connectivity index (χ0v) is 11.9. The summed E-state index contributed by atoms with van der Waals surface area (Å²) in [6.45, 7) is 1.94. The fourth-order valence-corrected chi connectivity index (χ4v) is 2.66. The fourth-order valence-electron chi connectivity index (χ4n) is 2.66. The van der Waals surface area contributed by atoms with Gasteiger partial charge in [-0.15, -0.1) is 0 Å². The van der Waals surface area contributed by atoms with E-state index in [9.17, 15) is 4.79 Å². The van der Waals surface area contributed by atoms with Crippen LogP contribution < -0.4 is 5.32 Å². The van der Waals surface area contributed by atoms with Crippen LogP contribution in [-0.2, 0) is 0 Å². The molecule has 1 aliphatic rings. The Morgan fingerprint density at radius 1 is 1.19 bits per heavy atom. The summed E-state index contributed by atoms with van der Waals surface area (Å²) in [6.07, 6.45) is -0.223. The van der Waals surface area contributed by atoms with Gasteiger partial charge < -0.3 is 10.2 Å². The van der Waals surface area contributed by atoms with Crippen molar-refractivity contribution in [2.75, 3.05) is 12.4 Å². The minimum absolute atomic E-state index is 0.0104. The second-order valence-corrected chi connectivity index (χ2v) is 5.19. The van der Waals surface area contributed by atoms with Crippen LogP contribution in [-0.4, -0.2) is 17.9 Å². The number of aryl methyl sites for hydroxylation is 1. The summed E-state index contributed by atoms with van der Waals surface area (Å²) in [5.74, 6) is 0.0104. The molecule has 21 heavy (non-hydrogen) atoms. The molecule has 2 aromatic carbocycles. The zero-order valence-electron chi connectivity index (χ0n) is 11.9. The van der Waals surface area contributed by atoms with Crippen molar-refractivity contribution in [3.8, 4) is 6.07 Å². The van der Waals surface area contributed by atoms with E-state index in [2.05, 4.69) is 11.4 Å². The normalized spacial score (nSPS) is 16.9. The van der Waals surface area contributed by atoms with Crippen molar-refractivity contribution in [1.29, 1.82) is 5.26 Å². The first-order chi connectivity index (χ1) is 10.1. The topological polar surface area (TPSA) is 56.1 Å². The van der Waals surface area contributed by atoms with Gasteiger partial charge in [0, 0.05) is 12.7 Å². The van der Waals surface area contributed by atoms with Crippen molar-refractivity contribution in [3.63, 3.8) is 0 Å². The molecule has 0 radical (unpaired) electrons. The predicted octanol–water partition coefficient (Wildman–Crippen LogP) is 3.06. The van der Waals surface area contributed by atoms with Gasteiger partial charge in [0.1, 0.15) is 6.17 Å². The maximum Gasteiger partial charge on any atom is 0.257 e. The molecular formula is C17H15N3O. The first-order valence-electron chi connectivity index (χ1n) is 6.75. The highest BCUT2D eigenvalue weighted by Crippen LogP contribution is 2.33. The number of carbonyl (C=O) groups is 1. The zero-order chi connectivity index (χ0) is 15.0. The molecule has 0 saturated carbocycles. The van der Waals surface area contributed by atoms with E-state index in [-0.39, 0.29) is 12.1 Å². The summed E-state index contributed by atoms with van der Waals surface area (Å²) >= 11 is 0. The van der Waals surface area contributed by atoms with E-state index in [1.54, 1.807) is 24.1 Å². The SMILES string of the molecule is Cc1cccc2c1C(=O)N(C)[C@@H](c1ccc(C#N)cc1)N2. The van der Waals surface area contributed by atoms with Crippen LogP contribution in [0, 0.1) is 18.3 Å². The highest BCUT2D eigenvalue weighted by molar-refractivity contribution is 6.02. The average molecular weight is 277 g/mol. The summed E-state index contributed by atoms with van der Waals surface area (Å²) in [6, 6.07) is 15.2. The van der Waals surface area contributed by atoms with Gasteiger partial charge in [0.15, 0.2) is 0 Å². The number of rotatable bonds is 1. The van der Waals surface area contributed by atoms with E-state index in [4.69, 9.17) is 5.26 Å². The van der Waals surface area contributed by atoms with E-state index in [0.717, 1.165) is 22.4 Å². The Hall–Kier alpha value is -2.80. The van der Waals surface area contributed by atoms with Crippen molar-refractivity contribution < 1.29 is 4.79 Å². The van der Waals surface area contributed by atoms with E-state index >= 15 is 0 Å². The predicted molar refractivity (Wildman–Crippen MR) is 80.8 cm³/mol. The van der Waals surface area contributed by atoms with Crippen molar-refractivity contribution >= 4 is 11.6 Å². The second kappa shape index (κ2) is 4.95. The van der Waals surface area contributed by atoms with E-state index in [0.29, 0.717) is 5.56 Å². The lowest BCUT2D eigenvalue weighted by Gasteiger charge is -2.36. The molecule has 4 heteroatoms. The number of nitrogens with one attached hydrogen (secondary N) is 1. The Bertz CT molecular complexity index is 744. The minimum Gasteiger partial charge on any atom is -0.361 e. The van der Waals surface area contributed by atoms with Crippen LogP contribution >= 0.6 is 0 Å². The first kappa shape index (κ1) is 13.2. The Labute approximate surface area is 123 Å². The molecule has 0 fully saturated rings. The smallest absolute Gasteiger partial charge is 0.257 e. The molecule has 1 N–H and O–H groups in total. The number of hydrogen-bond acceptors (Lipinski definition) is 3. The van der Waals surface area contributed by atoms with Gasteiger partial charge in [-0.3, -0.25) is 4.79 Å². The Kier molecular flexibility index (Phi) is 3.11. The molecule has 0 unspecified atom stereocenters. The van der Waals surface area contributed by atoms with Crippen LogP contribution in [0.5, 0.6) is 0 Å². The van der Waals surface area contributed by atoms with Crippen molar-refractivity contribution in [1.82, 2.24) is 4.90 Å². The number of carbonyl (C=O) groups excluding carboxylic acids is 1. The lowest BCUT2D eigenvalue weighted by atomic mass is 10.00. The molecular weight excluding hydrogens is 262 g/mol. The van der Waals surface area contributed by atoms with Crippen LogP contribution in [0.2, 0.25) is 0 Å². The Balaban J connectivity index is 2.02. The standard InChI is InChI=1S/C17H15N3O/c1-11-4-3-5-14-15(11)17(21)20(2)16(19-14)13-8-6-12(10-18)7-9-13/h3-9,16,19H,1-2H3/t16-/m0/s1. The molecule has 0 spiro atoms. The highest BCUT2D eigenvalue weighted by Gasteiger charge is 2.31. The van der Waals surface area contributed by atoms with Gasteiger partial charge >= 0.3 is 0 Å². The van der Waals surface area contributed by atoms with E-state index < -0.39 is 0 Å². The van der Waals surface area contributed by atoms with Gasteiger partial charge in [0.2, 0.25) is 0 Å². The van der Waals surface area contributed by atoms with Gasteiger partial charge in [0.05, 0.1) is 17.2 Å². The Morgan fingerprint density at radius 3 is 2.57 bits per heavy atom. The van der Waals surface area contributed by atoms with Gasteiger partial charge in [0.25, 0.3) is 5.91 Å². The Morgan fingerprint density at radius 2 is 1.90 bits per heavy atom. The van der Waals surface area contributed by atoms with Gasteiger partial charge in [-0.2, -0.15) is 5.26 Å². The average Bonchev–Trinajstić information content (AvgIpc) is 2.51. The van der Waals surface area contributed by atoms with Crippen molar-refractivity contribution in [3.05, 3.63) is 64.7 Å². The number of nitrogens with zero attached hydrogens (tertiary/aromatic N) is 2. The molecule has 2 aromatic rings. The molecule has 0 bridgehead atoms. The molecule has 3 rings (SSSR count). The summed E-state index contributed by atoms with van der Waals surface area (Å²) in [7, 11) is 1.79. The van der Waals surface area contributed by atoms with E-state index in [1.807, 2.05) is 37.3 Å². The van der Waals surface area contributed by atoms with Gasteiger partial charge in [-0.05, 0) is 36.2 Å². The largest absolute Gasteiger partial charge is 0.361 e. The van der Waals surface area contributed by atoms with Crippen LogP contribution in [0.25, 0.3) is 0 Å². The molecule has 104 valence electrons. The maximum absolute atomic E-state index is 12.6. The molecule has 0 aliphatic carbocycles. The van der Waals surface area contributed by atoms with Crippen LogP contribution in [0.3, 0.4) is 0 Å². The van der Waals surface area contributed by atoms with Gasteiger partial charge in [-0.25, -0.2) is 0 Å². The molecule has 1 amide bonds. The summed E-state index contributed by atoms with van der Waals surface area (Å²) < 4.78 is 0. The van der Waals surface area contributed by atoms with Crippen molar-refractivity contribution in [2.24, 2.45) is 0 Å². The third-order valence-electron chi connectivity index (χ3n) is 3.84. The number of benzene rings is 2. The number of nitriles is 1. The molecule has 0 aromatic heterocycles. The maximum atomic E-state index is 12.6. The fraction of sp³-hybridized carbons (Fsp3) is 0.176. The summed E-state index contributed by atoms with van der Waals surface area (Å²) in [5.41, 5.74) is 4.12. The van der Waals surface area contributed by atoms with Crippen LogP contribution in [0.15, 0.2) is 42.5 Å². The summed E-state index contributed by atoms with van der Waals surface area (Å²) in [5, 5.41) is 12.3. The summed E-state index contributed by atoms with van der Waals surface area (Å²) in [4.78, 5) is 14.3. The number of amides is 1. The lowest BCUT2D eigenvalue weighted by Crippen LogP contribution is -2.40. The minimum atomic E-state index is -0.223. The number of anilines is 1. The van der Waals surface area contributed by atoms with Crippen LogP contribution in [0.1, 0.15) is 33.2 Å². The number of fused-ring (bicyclic) bond motifs is 1. The van der Waals surface area contributed by atoms with E-state index in [1.165, 1.54) is 0 Å². The monoisotopic (exact) mass is 277 g/mol. The lowest BCUT2D eigenvalue weighted by molar-refractivity contribution is 0.0734. The molecule has 1 aliphatic heterocycles. The molecule has 4 nitrogen and oxygen atoms in total. The number of hydrogen-bond donors (Lipinski definition) is 1. The quantitative estimate of drug-likeness (QED) is 0.871.